The van der Waals surface area contributed by atoms with Crippen LogP contribution in [0.3, 0.4) is 0 Å². The molecule has 0 spiro atoms. The fourth-order valence-electron chi connectivity index (χ4n) is 4.44. The van der Waals surface area contributed by atoms with E-state index in [1.54, 1.807) is 11.8 Å². The minimum Gasteiger partial charge on any atom is -0.331 e. The number of nitriles is 3. The van der Waals surface area contributed by atoms with E-state index in [1.165, 1.54) is 4.90 Å². The molecule has 0 bridgehead atoms. The summed E-state index contributed by atoms with van der Waals surface area (Å²) in [6.07, 6.45) is 4.07. The number of benzene rings is 1. The van der Waals surface area contributed by atoms with Gasteiger partial charge in [-0.1, -0.05) is 12.1 Å². The molecule has 0 aromatic heterocycles. The van der Waals surface area contributed by atoms with E-state index in [4.69, 9.17) is 5.41 Å². The zero-order chi connectivity index (χ0) is 19.6. The predicted molar refractivity (Wildman–Crippen MR) is 104 cm³/mol. The number of nitrogens with zero attached hydrogens (tertiary/aromatic N) is 3. The van der Waals surface area contributed by atoms with Crippen LogP contribution in [0.1, 0.15) is 18.4 Å². The molecule has 2 unspecified atom stereocenters. The average Bonchev–Trinajstić information content (AvgIpc) is 2.73. The fourth-order valence-corrected chi connectivity index (χ4v) is 4.85. The Morgan fingerprint density at radius 1 is 1.22 bits per heavy atom. The summed E-state index contributed by atoms with van der Waals surface area (Å²) in [5, 5.41) is 38.4. The summed E-state index contributed by atoms with van der Waals surface area (Å²) < 4.78 is 0. The molecule has 4 atom stereocenters. The smallest absolute Gasteiger partial charge is 0.189 e. The zero-order valence-electron chi connectivity index (χ0n) is 15.5. The molecule has 6 heteroatoms. The van der Waals surface area contributed by atoms with Gasteiger partial charge in [0.1, 0.15) is 5.92 Å². The van der Waals surface area contributed by atoms with Gasteiger partial charge in [-0.3, -0.25) is 0 Å². The first kappa shape index (κ1) is 19.2. The van der Waals surface area contributed by atoms with Gasteiger partial charge in [-0.2, -0.15) is 15.8 Å². The Morgan fingerprint density at radius 3 is 2.41 bits per heavy atom. The molecule has 136 valence electrons. The molecule has 0 amide bonds. The number of hydrogen-bond donors (Lipinski definition) is 2. The molecule has 27 heavy (non-hydrogen) atoms. The van der Waals surface area contributed by atoms with Gasteiger partial charge in [0.05, 0.1) is 43.6 Å². The molecule has 3 rings (SSSR count). The van der Waals surface area contributed by atoms with E-state index in [0.29, 0.717) is 0 Å². The predicted octanol–water partition coefficient (Wildman–Crippen LogP) is 2.16. The molecule has 1 heterocycles. The minimum atomic E-state index is -1.61. The number of nitrogens with one attached hydrogen (secondary N) is 2. The van der Waals surface area contributed by atoms with Crippen LogP contribution in [0.15, 0.2) is 40.8 Å². The fraction of sp³-hybridized carbons (Fsp3) is 0.429. The molecule has 5 nitrogen and oxygen atoms in total. The highest BCUT2D eigenvalue weighted by atomic mass is 32.2. The number of likely N-dealkylation sites (N-methyl/N-ethyl adjacent to an activating group) is 1. The first-order valence-electron chi connectivity index (χ1n) is 9.04. The van der Waals surface area contributed by atoms with Crippen molar-refractivity contribution in [2.75, 3.05) is 25.9 Å². The minimum absolute atomic E-state index is 0.0728. The van der Waals surface area contributed by atoms with Crippen molar-refractivity contribution in [3.8, 4) is 18.2 Å². The monoisotopic (exact) mass is 376 g/mol. The summed E-state index contributed by atoms with van der Waals surface area (Å²) in [5.41, 5.74) is 0.126. The second kappa shape index (κ2) is 7.57. The lowest BCUT2D eigenvalue weighted by atomic mass is 9.54. The van der Waals surface area contributed by atoms with E-state index in [-0.39, 0.29) is 11.6 Å². The lowest BCUT2D eigenvalue weighted by molar-refractivity contribution is -0.897. The van der Waals surface area contributed by atoms with Crippen LogP contribution < -0.4 is 4.90 Å². The van der Waals surface area contributed by atoms with Crippen LogP contribution in [-0.4, -0.2) is 31.6 Å². The summed E-state index contributed by atoms with van der Waals surface area (Å²) in [5.74, 6) is -1.31. The zero-order valence-corrected chi connectivity index (χ0v) is 16.3. The van der Waals surface area contributed by atoms with E-state index in [1.807, 2.05) is 30.5 Å². The van der Waals surface area contributed by atoms with Crippen LogP contribution in [-0.2, 0) is 0 Å². The molecule has 1 aromatic carbocycles. The Balaban J connectivity index is 2.21. The summed E-state index contributed by atoms with van der Waals surface area (Å²) in [6, 6.07) is 14.4. The SMILES string of the molecule is CC[NH+]1CC=C2C(C#N)C(=N)C(C#N)(C#N)[C@@H](c3ccc(SC)cc3)[C@H]2C1. The van der Waals surface area contributed by atoms with E-state index in [2.05, 4.69) is 31.2 Å². The molecule has 2 aliphatic rings. The van der Waals surface area contributed by atoms with Crippen LogP contribution in [0.5, 0.6) is 0 Å². The first-order chi connectivity index (χ1) is 13.1. The quantitative estimate of drug-likeness (QED) is 0.624. The third-order valence-corrected chi connectivity index (χ3v) is 6.68. The second-order valence-electron chi connectivity index (χ2n) is 7.08. The molecular formula is C21H22N5S+. The Morgan fingerprint density at radius 2 is 1.89 bits per heavy atom. The number of thioether (sulfide) groups is 1. The summed E-state index contributed by atoms with van der Waals surface area (Å²) >= 11 is 1.64. The normalized spacial score (nSPS) is 28.9. The molecule has 1 aliphatic carbocycles. The summed E-state index contributed by atoms with van der Waals surface area (Å²) in [6.45, 7) is 4.65. The molecule has 0 radical (unpaired) electrons. The van der Waals surface area contributed by atoms with E-state index in [9.17, 15) is 15.8 Å². The van der Waals surface area contributed by atoms with Gasteiger partial charge in [-0.15, -0.1) is 11.8 Å². The van der Waals surface area contributed by atoms with E-state index < -0.39 is 17.3 Å². The number of quaternary nitrogens is 1. The highest BCUT2D eigenvalue weighted by Crippen LogP contribution is 2.52. The van der Waals surface area contributed by atoms with Crippen LogP contribution in [0.2, 0.25) is 0 Å². The Bertz CT molecular complexity index is 882. The van der Waals surface area contributed by atoms with Gasteiger partial charge < -0.3 is 10.3 Å². The lowest BCUT2D eigenvalue weighted by Gasteiger charge is -2.46. The topological polar surface area (TPSA) is 99.7 Å². The second-order valence-corrected chi connectivity index (χ2v) is 7.96. The van der Waals surface area contributed by atoms with E-state index in [0.717, 1.165) is 35.7 Å². The highest BCUT2D eigenvalue weighted by molar-refractivity contribution is 7.98. The summed E-state index contributed by atoms with van der Waals surface area (Å²) in [4.78, 5) is 2.48. The van der Waals surface area contributed by atoms with Crippen molar-refractivity contribution >= 4 is 17.5 Å². The van der Waals surface area contributed by atoms with Gasteiger partial charge in [0.2, 0.25) is 0 Å². The number of hydrogen-bond acceptors (Lipinski definition) is 5. The van der Waals surface area contributed by atoms with Crippen molar-refractivity contribution in [1.29, 1.82) is 21.2 Å². The molecule has 1 aromatic rings. The molecule has 1 aliphatic heterocycles. The highest BCUT2D eigenvalue weighted by Gasteiger charge is 2.58. The van der Waals surface area contributed by atoms with Crippen molar-refractivity contribution in [1.82, 2.24) is 0 Å². The van der Waals surface area contributed by atoms with Gasteiger partial charge in [0.15, 0.2) is 5.41 Å². The van der Waals surface area contributed by atoms with Gasteiger partial charge in [-0.25, -0.2) is 0 Å². The maximum atomic E-state index is 10.0. The molecular weight excluding hydrogens is 354 g/mol. The molecule has 2 N–H and O–H groups in total. The van der Waals surface area contributed by atoms with Gasteiger partial charge in [0, 0.05) is 16.7 Å². The van der Waals surface area contributed by atoms with Crippen LogP contribution in [0.4, 0.5) is 0 Å². The maximum Gasteiger partial charge on any atom is 0.189 e. The largest absolute Gasteiger partial charge is 0.331 e. The molecule has 1 saturated carbocycles. The Labute approximate surface area is 164 Å². The third-order valence-electron chi connectivity index (χ3n) is 5.94. The van der Waals surface area contributed by atoms with Crippen molar-refractivity contribution in [3.63, 3.8) is 0 Å². The van der Waals surface area contributed by atoms with Crippen molar-refractivity contribution < 1.29 is 4.90 Å². The Hall–Kier alpha value is -2.59. The van der Waals surface area contributed by atoms with Gasteiger partial charge in [0.25, 0.3) is 0 Å². The Kier molecular flexibility index (Phi) is 5.38. The van der Waals surface area contributed by atoms with Gasteiger partial charge in [-0.05, 0) is 42.5 Å². The maximum absolute atomic E-state index is 10.0. The standard InChI is InChI=1S/C21H21N5S/c1-3-26-9-8-16-17(10-22)20(25)21(12-23,13-24)19(18(16)11-26)14-4-6-15(27-2)7-5-14/h4-8,17-19,25H,3,9,11H2,1-2H3/p+1/t17?,18-,19-/m0/s1. The first-order valence-corrected chi connectivity index (χ1v) is 10.3. The third kappa shape index (κ3) is 2.94. The van der Waals surface area contributed by atoms with Crippen molar-refractivity contribution in [3.05, 3.63) is 41.5 Å². The molecule has 1 fully saturated rings. The van der Waals surface area contributed by atoms with Gasteiger partial charge >= 0.3 is 0 Å². The van der Waals surface area contributed by atoms with Crippen molar-refractivity contribution in [2.45, 2.75) is 17.7 Å². The van der Waals surface area contributed by atoms with Crippen LogP contribution in [0, 0.1) is 56.7 Å². The number of rotatable bonds is 3. The summed E-state index contributed by atoms with van der Waals surface area (Å²) in [7, 11) is 0. The lowest BCUT2D eigenvalue weighted by Crippen LogP contribution is -3.13. The number of fused-ring (bicyclic) bond motifs is 1. The molecule has 0 saturated heterocycles. The van der Waals surface area contributed by atoms with E-state index >= 15 is 0 Å². The van der Waals surface area contributed by atoms with Crippen LogP contribution >= 0.6 is 11.8 Å². The average molecular weight is 377 g/mol. The van der Waals surface area contributed by atoms with Crippen LogP contribution in [0.25, 0.3) is 0 Å². The van der Waals surface area contributed by atoms with Crippen molar-refractivity contribution in [2.24, 2.45) is 17.3 Å².